The van der Waals surface area contributed by atoms with Crippen molar-refractivity contribution in [3.05, 3.63) is 52.1 Å². The molecule has 1 aromatic heterocycles. The van der Waals surface area contributed by atoms with E-state index in [1.807, 2.05) is 11.8 Å². The number of morpholine rings is 1. The van der Waals surface area contributed by atoms with Gasteiger partial charge in [0.1, 0.15) is 17.7 Å². The number of benzene rings is 1. The largest absolute Gasteiger partial charge is 0.408 e. The van der Waals surface area contributed by atoms with Gasteiger partial charge in [0.15, 0.2) is 0 Å². The topological polar surface area (TPSA) is 50.6 Å². The van der Waals surface area contributed by atoms with Crippen molar-refractivity contribution in [3.8, 4) is 0 Å². The summed E-state index contributed by atoms with van der Waals surface area (Å²) in [6, 6.07) is 5.26. The van der Waals surface area contributed by atoms with E-state index in [4.69, 9.17) is 4.74 Å². The van der Waals surface area contributed by atoms with E-state index in [1.54, 1.807) is 12.1 Å². The van der Waals surface area contributed by atoms with Crippen molar-refractivity contribution in [2.45, 2.75) is 44.6 Å². The zero-order valence-corrected chi connectivity index (χ0v) is 17.1. The van der Waals surface area contributed by atoms with E-state index in [9.17, 15) is 22.4 Å². The van der Waals surface area contributed by atoms with Gasteiger partial charge in [0.05, 0.1) is 19.3 Å². The van der Waals surface area contributed by atoms with Gasteiger partial charge in [-0.15, -0.1) is 0 Å². The molecule has 1 saturated heterocycles. The van der Waals surface area contributed by atoms with E-state index in [1.165, 1.54) is 27.7 Å². The monoisotopic (exact) mass is 440 g/mol. The minimum Gasteiger partial charge on any atom is -0.377 e. The van der Waals surface area contributed by atoms with Crippen LogP contribution in [0.3, 0.4) is 0 Å². The molecule has 0 unspecified atom stereocenters. The van der Waals surface area contributed by atoms with Crippen LogP contribution in [0.15, 0.2) is 35.1 Å². The third-order valence-corrected chi connectivity index (χ3v) is 5.83. The van der Waals surface area contributed by atoms with Gasteiger partial charge in [-0.25, -0.2) is 4.39 Å². The Morgan fingerprint density at radius 3 is 2.61 bits per heavy atom. The maximum atomic E-state index is 13.8. The molecule has 1 fully saturated rings. The lowest BCUT2D eigenvalue weighted by Crippen LogP contribution is -2.53. The Hall–Kier alpha value is -2.62. The van der Waals surface area contributed by atoms with Gasteiger partial charge in [0, 0.05) is 25.7 Å². The van der Waals surface area contributed by atoms with Crippen molar-refractivity contribution in [1.29, 1.82) is 0 Å². The summed E-state index contributed by atoms with van der Waals surface area (Å²) >= 11 is 0. The quantitative estimate of drug-likeness (QED) is 0.685. The predicted molar refractivity (Wildman–Crippen MR) is 108 cm³/mol. The Bertz CT molecular complexity index is 977. The van der Waals surface area contributed by atoms with Crippen molar-refractivity contribution < 1.29 is 22.3 Å². The van der Waals surface area contributed by atoms with Crippen molar-refractivity contribution >= 4 is 11.8 Å². The van der Waals surface area contributed by atoms with Gasteiger partial charge in [-0.2, -0.15) is 18.2 Å². The summed E-state index contributed by atoms with van der Waals surface area (Å²) in [6.45, 7) is 3.31. The highest BCUT2D eigenvalue weighted by atomic mass is 19.4. The molecule has 1 aromatic carbocycles. The highest BCUT2D eigenvalue weighted by Crippen LogP contribution is 2.34. The van der Waals surface area contributed by atoms with E-state index in [2.05, 4.69) is 4.98 Å². The number of alkyl halides is 3. The molecule has 0 bridgehead atoms. The van der Waals surface area contributed by atoms with Gasteiger partial charge in [-0.1, -0.05) is 12.1 Å². The van der Waals surface area contributed by atoms with Crippen molar-refractivity contribution in [3.63, 3.8) is 0 Å². The first kappa shape index (κ1) is 21.6. The van der Waals surface area contributed by atoms with E-state index >= 15 is 0 Å². The Balaban J connectivity index is 1.70. The molecule has 0 aliphatic carbocycles. The molecule has 0 saturated carbocycles. The van der Waals surface area contributed by atoms with E-state index in [0.29, 0.717) is 31.1 Å². The molecule has 0 amide bonds. The number of halogens is 4. The SMILES string of the molecule is C[C@@H]1COCCN1c1cc(=O)n2c(n1)N(CCc1ccc(F)cc1)[C@H](C(F)(F)F)CC2. The van der Waals surface area contributed by atoms with Gasteiger partial charge in [0.25, 0.3) is 5.56 Å². The minimum atomic E-state index is -4.46. The van der Waals surface area contributed by atoms with Gasteiger partial charge < -0.3 is 14.5 Å². The third-order valence-electron chi connectivity index (χ3n) is 5.83. The molecule has 2 aliphatic heterocycles. The average molecular weight is 440 g/mol. The maximum Gasteiger partial charge on any atom is 0.408 e. The first-order chi connectivity index (χ1) is 14.7. The van der Waals surface area contributed by atoms with Gasteiger partial charge in [-0.3, -0.25) is 9.36 Å². The molecule has 0 N–H and O–H groups in total. The number of rotatable bonds is 4. The van der Waals surface area contributed by atoms with Crippen LogP contribution in [0, 0.1) is 5.82 Å². The molecule has 2 atom stereocenters. The summed E-state index contributed by atoms with van der Waals surface area (Å²) in [6.07, 6.45) is -4.43. The fourth-order valence-electron chi connectivity index (χ4n) is 4.17. The molecule has 2 aliphatic rings. The molecular weight excluding hydrogens is 416 g/mol. The first-order valence-corrected chi connectivity index (χ1v) is 10.3. The molecule has 31 heavy (non-hydrogen) atoms. The predicted octanol–water partition coefficient (Wildman–Crippen LogP) is 2.99. The van der Waals surface area contributed by atoms with Gasteiger partial charge in [-0.05, 0) is 37.5 Å². The zero-order chi connectivity index (χ0) is 22.2. The molecule has 3 heterocycles. The van der Waals surface area contributed by atoms with Crippen LogP contribution in [0.4, 0.5) is 29.3 Å². The summed E-state index contributed by atoms with van der Waals surface area (Å²) in [7, 11) is 0. The number of hydrogen-bond donors (Lipinski definition) is 0. The van der Waals surface area contributed by atoms with Crippen LogP contribution in [-0.4, -0.2) is 54.1 Å². The van der Waals surface area contributed by atoms with Crippen LogP contribution in [-0.2, 0) is 17.7 Å². The smallest absolute Gasteiger partial charge is 0.377 e. The zero-order valence-electron chi connectivity index (χ0n) is 17.1. The molecule has 10 heteroatoms. The second-order valence-electron chi connectivity index (χ2n) is 7.94. The summed E-state index contributed by atoms with van der Waals surface area (Å²) in [5.74, 6) is -0.0173. The van der Waals surface area contributed by atoms with Crippen LogP contribution in [0.2, 0.25) is 0 Å². The summed E-state index contributed by atoms with van der Waals surface area (Å²) < 4.78 is 61.4. The molecule has 0 spiro atoms. The normalized spacial score (nSPS) is 21.8. The highest BCUT2D eigenvalue weighted by Gasteiger charge is 2.46. The summed E-state index contributed by atoms with van der Waals surface area (Å²) in [5.41, 5.74) is 0.339. The molecule has 2 aromatic rings. The summed E-state index contributed by atoms with van der Waals surface area (Å²) in [4.78, 5) is 20.3. The van der Waals surface area contributed by atoms with E-state index < -0.39 is 18.0 Å². The molecule has 168 valence electrons. The standard InChI is InChI=1S/C21H24F4N4O2/c1-14-13-31-11-10-27(14)18-12-19(30)29-9-7-17(21(23,24)25)28(20(29)26-18)8-6-15-2-4-16(22)5-3-15/h2-5,12,14,17H,6-11,13H2,1H3/t14-,17+/m1/s1. The van der Waals surface area contributed by atoms with Gasteiger partial charge >= 0.3 is 6.18 Å². The second-order valence-corrected chi connectivity index (χ2v) is 7.94. The summed E-state index contributed by atoms with van der Waals surface area (Å²) in [5, 5.41) is 0. The van der Waals surface area contributed by atoms with Crippen LogP contribution in [0.25, 0.3) is 0 Å². The lowest BCUT2D eigenvalue weighted by atomic mass is 10.1. The highest BCUT2D eigenvalue weighted by molar-refractivity contribution is 5.47. The van der Waals surface area contributed by atoms with Crippen molar-refractivity contribution in [2.24, 2.45) is 0 Å². The number of anilines is 2. The Morgan fingerprint density at radius 2 is 1.94 bits per heavy atom. The van der Waals surface area contributed by atoms with Crippen LogP contribution < -0.4 is 15.4 Å². The first-order valence-electron chi connectivity index (χ1n) is 10.3. The van der Waals surface area contributed by atoms with Crippen LogP contribution in [0.5, 0.6) is 0 Å². The minimum absolute atomic E-state index is 0.00433. The fourth-order valence-corrected chi connectivity index (χ4v) is 4.17. The lowest BCUT2D eigenvalue weighted by molar-refractivity contribution is -0.152. The van der Waals surface area contributed by atoms with Crippen molar-refractivity contribution in [2.75, 3.05) is 36.1 Å². The molecule has 0 radical (unpaired) electrons. The number of aromatic nitrogens is 2. The average Bonchev–Trinajstić information content (AvgIpc) is 2.72. The maximum absolute atomic E-state index is 13.8. The van der Waals surface area contributed by atoms with Crippen molar-refractivity contribution in [1.82, 2.24) is 9.55 Å². The number of hydrogen-bond acceptors (Lipinski definition) is 5. The van der Waals surface area contributed by atoms with E-state index in [-0.39, 0.29) is 43.5 Å². The molecule has 6 nitrogen and oxygen atoms in total. The number of fused-ring (bicyclic) bond motifs is 1. The fraction of sp³-hybridized carbons (Fsp3) is 0.524. The molecular formula is C21H24F4N4O2. The lowest BCUT2D eigenvalue weighted by Gasteiger charge is -2.40. The Labute approximate surface area is 177 Å². The Morgan fingerprint density at radius 1 is 1.19 bits per heavy atom. The van der Waals surface area contributed by atoms with E-state index in [0.717, 1.165) is 0 Å². The van der Waals surface area contributed by atoms with Crippen LogP contribution >= 0.6 is 0 Å². The number of nitrogens with zero attached hydrogens (tertiary/aromatic N) is 4. The van der Waals surface area contributed by atoms with Gasteiger partial charge in [0.2, 0.25) is 5.95 Å². The Kier molecular flexibility index (Phi) is 5.92. The van der Waals surface area contributed by atoms with Crippen LogP contribution in [0.1, 0.15) is 18.9 Å². The number of ether oxygens (including phenoxy) is 1. The second kappa shape index (κ2) is 8.49. The third kappa shape index (κ3) is 4.53. The molecule has 4 rings (SSSR count).